The molecule has 0 saturated carbocycles. The van der Waals surface area contributed by atoms with E-state index in [1.54, 1.807) is 6.20 Å². The van der Waals surface area contributed by atoms with Gasteiger partial charge in [0.1, 0.15) is 12.0 Å². The summed E-state index contributed by atoms with van der Waals surface area (Å²) in [4.78, 5) is 8.73. The second-order valence-electron chi connectivity index (χ2n) is 5.79. The smallest absolute Gasteiger partial charge is 0.229 e. The molecular formula is C20H21N5O. The number of aliphatic hydroxyl groups excluding tert-OH is 1. The molecule has 1 aromatic heterocycles. The Bertz CT molecular complexity index is 897. The van der Waals surface area contributed by atoms with Crippen LogP contribution in [0.3, 0.4) is 0 Å². The lowest BCUT2D eigenvalue weighted by atomic mass is 10.2. The standard InChI is InChI=1S/C20H21N5O/c1-3-19(26)23-16-8-5-9-17(13-16)24-20-21-11-10-18(25-20)22-15-7-4-6-14(2)12-15/h3-13,19,23,26H,1H2,2H3,(H2,21,22,24,25). The Morgan fingerprint density at radius 1 is 1.00 bits per heavy atom. The van der Waals surface area contributed by atoms with Crippen LogP contribution in [0.1, 0.15) is 5.56 Å². The second kappa shape index (κ2) is 8.13. The number of aromatic nitrogens is 2. The molecule has 0 aliphatic rings. The molecule has 3 rings (SSSR count). The lowest BCUT2D eigenvalue weighted by molar-refractivity contribution is 0.253. The topological polar surface area (TPSA) is 82.1 Å². The Kier molecular flexibility index (Phi) is 5.46. The van der Waals surface area contributed by atoms with Crippen molar-refractivity contribution in [1.29, 1.82) is 0 Å². The van der Waals surface area contributed by atoms with Gasteiger partial charge in [-0.05, 0) is 55.0 Å². The summed E-state index contributed by atoms with van der Waals surface area (Å²) in [5.41, 5.74) is 3.71. The molecule has 0 amide bonds. The normalized spacial score (nSPS) is 11.5. The number of hydrogen-bond acceptors (Lipinski definition) is 6. The predicted molar refractivity (Wildman–Crippen MR) is 106 cm³/mol. The van der Waals surface area contributed by atoms with Gasteiger partial charge in [0.25, 0.3) is 0 Å². The molecule has 3 aromatic rings. The van der Waals surface area contributed by atoms with Crippen molar-refractivity contribution in [3.05, 3.63) is 79.0 Å². The lowest BCUT2D eigenvalue weighted by Gasteiger charge is -2.12. The molecule has 0 bridgehead atoms. The van der Waals surface area contributed by atoms with Crippen molar-refractivity contribution < 1.29 is 5.11 Å². The summed E-state index contributed by atoms with van der Waals surface area (Å²) in [5.74, 6) is 1.17. The van der Waals surface area contributed by atoms with Gasteiger partial charge in [-0.2, -0.15) is 4.98 Å². The second-order valence-corrected chi connectivity index (χ2v) is 5.79. The maximum Gasteiger partial charge on any atom is 0.229 e. The molecule has 1 atom stereocenters. The van der Waals surface area contributed by atoms with E-state index in [2.05, 4.69) is 38.6 Å². The lowest BCUT2D eigenvalue weighted by Crippen LogP contribution is -2.14. The van der Waals surface area contributed by atoms with Gasteiger partial charge in [-0.25, -0.2) is 4.98 Å². The Balaban J connectivity index is 1.72. The monoisotopic (exact) mass is 347 g/mol. The Hall–Kier alpha value is -3.38. The molecule has 0 spiro atoms. The molecule has 0 aliphatic heterocycles. The van der Waals surface area contributed by atoms with Crippen LogP contribution in [-0.4, -0.2) is 21.3 Å². The number of aliphatic hydroxyl groups is 1. The fraction of sp³-hybridized carbons (Fsp3) is 0.100. The minimum Gasteiger partial charge on any atom is -0.370 e. The van der Waals surface area contributed by atoms with Crippen molar-refractivity contribution in [3.63, 3.8) is 0 Å². The van der Waals surface area contributed by atoms with Crippen LogP contribution in [0.25, 0.3) is 0 Å². The Morgan fingerprint density at radius 2 is 1.73 bits per heavy atom. The molecule has 6 nitrogen and oxygen atoms in total. The molecule has 132 valence electrons. The van der Waals surface area contributed by atoms with Crippen LogP contribution in [0.5, 0.6) is 0 Å². The molecule has 1 unspecified atom stereocenters. The average Bonchev–Trinajstić information content (AvgIpc) is 2.62. The van der Waals surface area contributed by atoms with Gasteiger partial charge in [0.15, 0.2) is 0 Å². The van der Waals surface area contributed by atoms with Gasteiger partial charge in [-0.15, -0.1) is 0 Å². The summed E-state index contributed by atoms with van der Waals surface area (Å²) >= 11 is 0. The van der Waals surface area contributed by atoms with Crippen molar-refractivity contribution in [2.45, 2.75) is 13.2 Å². The fourth-order valence-electron chi connectivity index (χ4n) is 2.40. The number of hydrogen-bond donors (Lipinski definition) is 4. The summed E-state index contributed by atoms with van der Waals surface area (Å²) in [6, 6.07) is 17.4. The molecular weight excluding hydrogens is 326 g/mol. The minimum absolute atomic E-state index is 0.476. The van der Waals surface area contributed by atoms with E-state index in [1.807, 2.05) is 55.5 Å². The van der Waals surface area contributed by atoms with Gasteiger partial charge in [-0.3, -0.25) is 0 Å². The van der Waals surface area contributed by atoms with Gasteiger partial charge in [0.05, 0.1) is 0 Å². The van der Waals surface area contributed by atoms with Crippen LogP contribution in [0.15, 0.2) is 73.4 Å². The zero-order chi connectivity index (χ0) is 18.4. The number of benzene rings is 2. The van der Waals surface area contributed by atoms with Crippen molar-refractivity contribution in [1.82, 2.24) is 9.97 Å². The van der Waals surface area contributed by atoms with E-state index in [0.29, 0.717) is 11.8 Å². The molecule has 1 heterocycles. The molecule has 0 saturated heterocycles. The Morgan fingerprint density at radius 3 is 2.50 bits per heavy atom. The van der Waals surface area contributed by atoms with Crippen molar-refractivity contribution in [2.75, 3.05) is 16.0 Å². The van der Waals surface area contributed by atoms with Crippen LogP contribution in [0.4, 0.5) is 28.8 Å². The van der Waals surface area contributed by atoms with Crippen LogP contribution >= 0.6 is 0 Å². The quantitative estimate of drug-likeness (QED) is 0.379. The number of nitrogens with zero attached hydrogens (tertiary/aromatic N) is 2. The third-order valence-electron chi connectivity index (χ3n) is 3.60. The van der Waals surface area contributed by atoms with Gasteiger partial charge < -0.3 is 21.1 Å². The summed E-state index contributed by atoms with van der Waals surface area (Å²) in [6.45, 7) is 5.59. The van der Waals surface area contributed by atoms with Gasteiger partial charge in [0, 0.05) is 23.3 Å². The maximum atomic E-state index is 9.61. The SMILES string of the molecule is C=CC(O)Nc1cccc(Nc2nccc(Nc3cccc(C)c3)n2)c1. The van der Waals surface area contributed by atoms with E-state index in [0.717, 1.165) is 17.1 Å². The first-order valence-electron chi connectivity index (χ1n) is 8.23. The third kappa shape index (κ3) is 4.81. The average molecular weight is 347 g/mol. The molecule has 0 aliphatic carbocycles. The van der Waals surface area contributed by atoms with Crippen LogP contribution < -0.4 is 16.0 Å². The van der Waals surface area contributed by atoms with Crippen molar-refractivity contribution in [3.8, 4) is 0 Å². The molecule has 0 fully saturated rings. The zero-order valence-corrected chi connectivity index (χ0v) is 14.5. The first-order valence-corrected chi connectivity index (χ1v) is 8.23. The third-order valence-corrected chi connectivity index (χ3v) is 3.60. The highest BCUT2D eigenvalue weighted by Crippen LogP contribution is 2.20. The van der Waals surface area contributed by atoms with E-state index in [4.69, 9.17) is 0 Å². The number of aryl methyl sites for hydroxylation is 1. The van der Waals surface area contributed by atoms with Gasteiger partial charge in [-0.1, -0.05) is 24.8 Å². The van der Waals surface area contributed by atoms with E-state index in [-0.39, 0.29) is 0 Å². The summed E-state index contributed by atoms with van der Waals surface area (Å²) in [6.07, 6.45) is 2.31. The highest BCUT2D eigenvalue weighted by atomic mass is 16.3. The predicted octanol–water partition coefficient (Wildman–Crippen LogP) is 4.19. The first kappa shape index (κ1) is 17.4. The molecule has 4 N–H and O–H groups in total. The van der Waals surface area contributed by atoms with E-state index in [1.165, 1.54) is 11.6 Å². The van der Waals surface area contributed by atoms with Gasteiger partial charge in [0.2, 0.25) is 5.95 Å². The van der Waals surface area contributed by atoms with Crippen LogP contribution in [0, 0.1) is 6.92 Å². The van der Waals surface area contributed by atoms with E-state index < -0.39 is 6.23 Å². The van der Waals surface area contributed by atoms with Crippen molar-refractivity contribution in [2.24, 2.45) is 0 Å². The largest absolute Gasteiger partial charge is 0.370 e. The first-order chi connectivity index (χ1) is 12.6. The minimum atomic E-state index is -0.802. The zero-order valence-electron chi connectivity index (χ0n) is 14.5. The highest BCUT2D eigenvalue weighted by Gasteiger charge is 2.03. The van der Waals surface area contributed by atoms with E-state index in [9.17, 15) is 5.11 Å². The van der Waals surface area contributed by atoms with Gasteiger partial charge >= 0.3 is 0 Å². The van der Waals surface area contributed by atoms with Crippen molar-refractivity contribution >= 4 is 28.8 Å². The Labute approximate surface area is 152 Å². The maximum absolute atomic E-state index is 9.61. The molecule has 26 heavy (non-hydrogen) atoms. The number of nitrogens with one attached hydrogen (secondary N) is 3. The molecule has 6 heteroatoms. The highest BCUT2D eigenvalue weighted by molar-refractivity contribution is 5.63. The van der Waals surface area contributed by atoms with E-state index >= 15 is 0 Å². The number of anilines is 5. The van der Waals surface area contributed by atoms with Crippen LogP contribution in [0.2, 0.25) is 0 Å². The molecule has 2 aromatic carbocycles. The number of rotatable bonds is 7. The summed E-state index contributed by atoms with van der Waals surface area (Å²) in [5, 5.41) is 18.9. The fourth-order valence-corrected chi connectivity index (χ4v) is 2.40. The van der Waals surface area contributed by atoms with Crippen LogP contribution in [-0.2, 0) is 0 Å². The summed E-state index contributed by atoms with van der Waals surface area (Å²) in [7, 11) is 0. The summed E-state index contributed by atoms with van der Waals surface area (Å²) < 4.78 is 0. The molecule has 0 radical (unpaired) electrons.